The fourth-order valence-corrected chi connectivity index (χ4v) is 4.44. The van der Waals surface area contributed by atoms with Gasteiger partial charge in [0.15, 0.2) is 0 Å². The van der Waals surface area contributed by atoms with Gasteiger partial charge in [0, 0.05) is 16.3 Å². The number of amides is 1. The van der Waals surface area contributed by atoms with Gasteiger partial charge in [0.1, 0.15) is 5.82 Å². The van der Waals surface area contributed by atoms with Crippen LogP contribution in [0.4, 0.5) is 10.1 Å². The van der Waals surface area contributed by atoms with Gasteiger partial charge in [-0.1, -0.05) is 34.1 Å². The van der Waals surface area contributed by atoms with E-state index in [1.807, 2.05) is 12.1 Å². The molecular weight excluding hydrogens is 448 g/mol. The largest absolute Gasteiger partial charge is 0.315 e. The summed E-state index contributed by atoms with van der Waals surface area (Å²) in [6.45, 7) is 0. The second-order valence-corrected chi connectivity index (χ2v) is 7.12. The topological polar surface area (TPSA) is 20.3 Å². The summed E-state index contributed by atoms with van der Waals surface area (Å²) in [6.07, 6.45) is 0.444. The molecule has 1 aliphatic rings. The van der Waals surface area contributed by atoms with E-state index < -0.39 is 0 Å². The predicted octanol–water partition coefficient (Wildman–Crippen LogP) is 4.43. The first-order valence-electron chi connectivity index (χ1n) is 6.46. The van der Waals surface area contributed by atoms with Crippen LogP contribution in [0.25, 0.3) is 0 Å². The van der Waals surface area contributed by atoms with Crippen molar-refractivity contribution in [3.05, 3.63) is 62.5 Å². The number of carbonyl (C=O) groups excluding carboxylic acids is 1. The van der Waals surface area contributed by atoms with E-state index >= 15 is 0 Å². The number of alkyl halides is 1. The van der Waals surface area contributed by atoms with Gasteiger partial charge in [-0.3, -0.25) is 4.79 Å². The molecule has 0 fully saturated rings. The number of hydrogen-bond acceptors (Lipinski definition) is 1. The molecule has 3 rings (SSSR count). The van der Waals surface area contributed by atoms with E-state index in [0.717, 1.165) is 25.9 Å². The van der Waals surface area contributed by atoms with Crippen LogP contribution >= 0.6 is 38.5 Å². The molecule has 1 heterocycles. The molecule has 1 aliphatic heterocycles. The number of benzene rings is 2. The van der Waals surface area contributed by atoms with Gasteiger partial charge in [0.2, 0.25) is 5.91 Å². The lowest BCUT2D eigenvalue weighted by Crippen LogP contribution is -2.20. The summed E-state index contributed by atoms with van der Waals surface area (Å²) < 4.78 is 14.1. The average molecular weight is 460 g/mol. The number of nitrogens with zero attached hydrogens (tertiary/aromatic N) is 1. The summed E-state index contributed by atoms with van der Waals surface area (Å²) in [7, 11) is 1.79. The van der Waals surface area contributed by atoms with Gasteiger partial charge in [-0.2, -0.15) is 0 Å². The number of carbonyl (C=O) groups is 1. The van der Waals surface area contributed by atoms with E-state index in [0.29, 0.717) is 6.42 Å². The van der Waals surface area contributed by atoms with Crippen LogP contribution in [0.3, 0.4) is 0 Å². The molecule has 0 aromatic heterocycles. The average Bonchev–Trinajstić information content (AvgIpc) is 2.73. The van der Waals surface area contributed by atoms with E-state index in [4.69, 9.17) is 0 Å². The first kappa shape index (κ1) is 15.0. The Morgan fingerprint density at radius 3 is 2.76 bits per heavy atom. The van der Waals surface area contributed by atoms with E-state index in [1.165, 1.54) is 12.1 Å². The molecule has 1 unspecified atom stereocenters. The van der Waals surface area contributed by atoms with Crippen LogP contribution in [0.1, 0.15) is 21.5 Å². The summed E-state index contributed by atoms with van der Waals surface area (Å²) in [5.41, 5.74) is 4.11. The predicted molar refractivity (Wildman–Crippen MR) is 93.4 cm³/mol. The van der Waals surface area contributed by atoms with Crippen molar-refractivity contribution in [2.45, 2.75) is 11.2 Å². The molecule has 2 aromatic rings. The number of halogens is 3. The lowest BCUT2D eigenvalue weighted by molar-refractivity contribution is -0.117. The number of rotatable bonds is 2. The van der Waals surface area contributed by atoms with Gasteiger partial charge >= 0.3 is 0 Å². The zero-order valence-electron chi connectivity index (χ0n) is 11.2. The Bertz CT molecular complexity index is 734. The van der Waals surface area contributed by atoms with Crippen molar-refractivity contribution in [3.8, 4) is 0 Å². The zero-order chi connectivity index (χ0) is 15.1. The van der Waals surface area contributed by atoms with Crippen molar-refractivity contribution in [1.29, 1.82) is 0 Å². The molecule has 108 valence electrons. The van der Waals surface area contributed by atoms with Crippen molar-refractivity contribution < 1.29 is 9.18 Å². The highest BCUT2D eigenvalue weighted by molar-refractivity contribution is 14.1. The lowest BCUT2D eigenvalue weighted by Gasteiger charge is -2.15. The third-order valence-electron chi connectivity index (χ3n) is 3.71. The standard InChI is InChI=1S/C16H12BrFINO/c1-20-14-5-2-9(6-10(14)7-15(20)21)16(17)12-4-3-11(18)8-13(12)19/h2-6,8,16H,7H2,1H3. The Morgan fingerprint density at radius 1 is 1.29 bits per heavy atom. The highest BCUT2D eigenvalue weighted by atomic mass is 127. The number of likely N-dealkylation sites (N-methyl/N-ethyl adjacent to an activating group) is 1. The van der Waals surface area contributed by atoms with E-state index in [-0.39, 0.29) is 16.6 Å². The van der Waals surface area contributed by atoms with Crippen molar-refractivity contribution in [1.82, 2.24) is 0 Å². The molecule has 0 N–H and O–H groups in total. The molecule has 0 aliphatic carbocycles. The second kappa shape index (κ2) is 5.68. The molecule has 2 nitrogen and oxygen atoms in total. The van der Waals surface area contributed by atoms with Crippen LogP contribution in [0.5, 0.6) is 0 Å². The maximum absolute atomic E-state index is 13.2. The minimum Gasteiger partial charge on any atom is -0.315 e. The number of anilines is 1. The fourth-order valence-electron chi connectivity index (χ4n) is 2.53. The normalized spacial score (nSPS) is 15.2. The first-order valence-corrected chi connectivity index (χ1v) is 8.45. The maximum Gasteiger partial charge on any atom is 0.231 e. The molecule has 0 saturated heterocycles. The smallest absolute Gasteiger partial charge is 0.231 e. The van der Waals surface area contributed by atoms with E-state index in [1.54, 1.807) is 18.0 Å². The Kier molecular flexibility index (Phi) is 4.05. The third kappa shape index (κ3) is 2.73. The minimum absolute atomic E-state index is 0.0173. The van der Waals surface area contributed by atoms with Gasteiger partial charge < -0.3 is 4.90 Å². The number of fused-ring (bicyclic) bond motifs is 1. The zero-order valence-corrected chi connectivity index (χ0v) is 15.0. The van der Waals surface area contributed by atoms with Crippen LogP contribution in [-0.2, 0) is 11.2 Å². The molecule has 1 atom stereocenters. The summed E-state index contributed by atoms with van der Waals surface area (Å²) in [4.78, 5) is 13.4. The molecule has 0 bridgehead atoms. The molecule has 0 saturated carbocycles. The summed E-state index contributed by atoms with van der Waals surface area (Å²) in [5, 5.41) is 0. The third-order valence-corrected chi connectivity index (χ3v) is 5.67. The van der Waals surface area contributed by atoms with Crippen LogP contribution in [0, 0.1) is 9.39 Å². The molecule has 0 spiro atoms. The van der Waals surface area contributed by atoms with Gasteiger partial charge in [-0.15, -0.1) is 0 Å². The van der Waals surface area contributed by atoms with Crippen molar-refractivity contribution >= 4 is 50.1 Å². The van der Waals surface area contributed by atoms with Crippen LogP contribution in [0.15, 0.2) is 36.4 Å². The lowest BCUT2D eigenvalue weighted by atomic mass is 10.0. The monoisotopic (exact) mass is 459 g/mol. The van der Waals surface area contributed by atoms with Crippen molar-refractivity contribution in [3.63, 3.8) is 0 Å². The quantitative estimate of drug-likeness (QED) is 0.480. The van der Waals surface area contributed by atoms with E-state index in [9.17, 15) is 9.18 Å². The van der Waals surface area contributed by atoms with Gasteiger partial charge in [0.05, 0.1) is 11.2 Å². The first-order chi connectivity index (χ1) is 9.97. The van der Waals surface area contributed by atoms with E-state index in [2.05, 4.69) is 44.6 Å². The van der Waals surface area contributed by atoms with Gasteiger partial charge in [-0.25, -0.2) is 4.39 Å². The SMILES string of the molecule is CN1C(=O)Cc2cc(C(Br)c3ccc(F)cc3I)ccc21. The Hall–Kier alpha value is -0.950. The van der Waals surface area contributed by atoms with Crippen molar-refractivity contribution in [2.24, 2.45) is 0 Å². The molecule has 1 amide bonds. The van der Waals surface area contributed by atoms with Crippen LogP contribution in [-0.4, -0.2) is 13.0 Å². The van der Waals surface area contributed by atoms with Crippen LogP contribution in [0.2, 0.25) is 0 Å². The Morgan fingerprint density at radius 2 is 2.05 bits per heavy atom. The summed E-state index contributed by atoms with van der Waals surface area (Å²) in [6, 6.07) is 10.8. The van der Waals surface area contributed by atoms with Crippen molar-refractivity contribution in [2.75, 3.05) is 11.9 Å². The van der Waals surface area contributed by atoms with Gasteiger partial charge in [0.25, 0.3) is 0 Å². The molecule has 21 heavy (non-hydrogen) atoms. The Balaban J connectivity index is 1.98. The second-order valence-electron chi connectivity index (χ2n) is 5.05. The fraction of sp³-hybridized carbons (Fsp3) is 0.188. The Labute approximate surface area is 144 Å². The molecule has 2 aromatic carbocycles. The summed E-state index contributed by atoms with van der Waals surface area (Å²) in [5.74, 6) is -0.117. The maximum atomic E-state index is 13.2. The highest BCUT2D eigenvalue weighted by Crippen LogP contribution is 2.37. The van der Waals surface area contributed by atoms with Gasteiger partial charge in [-0.05, 0) is 57.5 Å². The minimum atomic E-state index is -0.232. The molecule has 5 heteroatoms. The van der Waals surface area contributed by atoms with Crippen LogP contribution < -0.4 is 4.90 Å². The highest BCUT2D eigenvalue weighted by Gasteiger charge is 2.25. The number of hydrogen-bond donors (Lipinski definition) is 0. The summed E-state index contributed by atoms with van der Waals surface area (Å²) >= 11 is 5.82. The molecular formula is C16H12BrFINO. The molecule has 0 radical (unpaired) electrons.